The second kappa shape index (κ2) is 6.27. The highest BCUT2D eigenvalue weighted by Gasteiger charge is 2.35. The van der Waals surface area contributed by atoms with Gasteiger partial charge in [-0.05, 0) is 30.9 Å². The number of oxazole rings is 1. The first-order valence-electron chi connectivity index (χ1n) is 7.27. The molecule has 1 aliphatic rings. The molecule has 0 bridgehead atoms. The smallest absolute Gasteiger partial charge is 0.291 e. The molecule has 0 radical (unpaired) electrons. The average molecular weight is 304 g/mol. The maximum atomic E-state index is 13.9. The monoisotopic (exact) mass is 304 g/mol. The van der Waals surface area contributed by atoms with Crippen LogP contribution in [0.25, 0.3) is 0 Å². The molecule has 1 amide bonds. The van der Waals surface area contributed by atoms with Crippen LogP contribution in [0.4, 0.5) is 4.39 Å². The molecule has 0 aliphatic carbocycles. The van der Waals surface area contributed by atoms with Crippen molar-refractivity contribution in [1.29, 1.82) is 0 Å². The normalized spacial score (nSPS) is 21.8. The Morgan fingerprint density at radius 2 is 2.27 bits per heavy atom. The van der Waals surface area contributed by atoms with E-state index in [-0.39, 0.29) is 23.9 Å². The highest BCUT2D eigenvalue weighted by atomic mass is 19.1. The summed E-state index contributed by atoms with van der Waals surface area (Å²) in [6.07, 6.45) is 3.44. The van der Waals surface area contributed by atoms with Gasteiger partial charge < -0.3 is 14.4 Å². The Bertz CT molecular complexity index is 645. The summed E-state index contributed by atoms with van der Waals surface area (Å²) < 4.78 is 18.9. The zero-order chi connectivity index (χ0) is 15.5. The van der Waals surface area contributed by atoms with Crippen LogP contribution in [0, 0.1) is 5.82 Å². The van der Waals surface area contributed by atoms with Gasteiger partial charge >= 0.3 is 0 Å². The van der Waals surface area contributed by atoms with Crippen molar-refractivity contribution in [2.75, 3.05) is 6.54 Å². The Labute approximate surface area is 127 Å². The van der Waals surface area contributed by atoms with E-state index in [1.54, 1.807) is 23.1 Å². The third kappa shape index (κ3) is 2.87. The first kappa shape index (κ1) is 14.7. The zero-order valence-corrected chi connectivity index (χ0v) is 12.0. The third-order valence-electron chi connectivity index (χ3n) is 4.03. The third-order valence-corrected chi connectivity index (χ3v) is 4.03. The van der Waals surface area contributed by atoms with Gasteiger partial charge in [0, 0.05) is 6.54 Å². The fraction of sp³-hybridized carbons (Fsp3) is 0.375. The molecule has 116 valence electrons. The molecule has 2 aromatic rings. The number of piperidine rings is 1. The number of aromatic nitrogens is 1. The van der Waals surface area contributed by atoms with E-state index in [2.05, 4.69) is 4.98 Å². The molecule has 5 nitrogen and oxygen atoms in total. The summed E-state index contributed by atoms with van der Waals surface area (Å²) in [5.74, 6) is -0.516. The van der Waals surface area contributed by atoms with Gasteiger partial charge in [-0.3, -0.25) is 4.79 Å². The maximum Gasteiger partial charge on any atom is 0.291 e. The van der Waals surface area contributed by atoms with Crippen LogP contribution in [0.15, 0.2) is 41.3 Å². The summed E-state index contributed by atoms with van der Waals surface area (Å²) >= 11 is 0. The maximum absolute atomic E-state index is 13.9. The summed E-state index contributed by atoms with van der Waals surface area (Å²) in [5, 5.41) is 10.3. The first-order chi connectivity index (χ1) is 10.7. The van der Waals surface area contributed by atoms with Crippen LogP contribution in [-0.4, -0.2) is 39.6 Å². The van der Waals surface area contributed by atoms with E-state index in [4.69, 9.17) is 4.42 Å². The van der Waals surface area contributed by atoms with E-state index in [0.717, 1.165) is 0 Å². The number of halogens is 1. The van der Waals surface area contributed by atoms with Crippen molar-refractivity contribution in [3.8, 4) is 0 Å². The van der Waals surface area contributed by atoms with Gasteiger partial charge in [-0.1, -0.05) is 18.2 Å². The number of hydrogen-bond acceptors (Lipinski definition) is 4. The molecule has 1 aromatic heterocycles. The van der Waals surface area contributed by atoms with Gasteiger partial charge in [0.2, 0.25) is 5.76 Å². The second-order valence-electron chi connectivity index (χ2n) is 5.44. The number of rotatable bonds is 3. The molecule has 0 saturated carbocycles. The number of likely N-dealkylation sites (tertiary alicyclic amines) is 1. The Morgan fingerprint density at radius 3 is 3.00 bits per heavy atom. The number of benzene rings is 1. The summed E-state index contributed by atoms with van der Waals surface area (Å²) in [6.45, 7) is 0.510. The number of aliphatic hydroxyl groups is 1. The standard InChI is InChI=1S/C16H17FN2O3/c17-12-5-2-1-4-11(12)8-13-14(20)6-3-7-19(13)16(21)15-9-18-10-22-15/h1-2,4-5,9-10,13-14,20H,3,6-8H2/t13-,14-/m0/s1. The lowest BCUT2D eigenvalue weighted by Crippen LogP contribution is -2.52. The molecule has 1 N–H and O–H groups in total. The predicted octanol–water partition coefficient (Wildman–Crippen LogP) is 2.02. The predicted molar refractivity (Wildman–Crippen MR) is 76.7 cm³/mol. The van der Waals surface area contributed by atoms with Crippen molar-refractivity contribution in [2.24, 2.45) is 0 Å². The Hall–Kier alpha value is -2.21. The SMILES string of the molecule is O=C(c1cnco1)N1CCC[C@H](O)[C@@H]1Cc1ccccc1F. The summed E-state index contributed by atoms with van der Waals surface area (Å²) in [6, 6.07) is 5.95. The van der Waals surface area contributed by atoms with Gasteiger partial charge in [-0.15, -0.1) is 0 Å². The zero-order valence-electron chi connectivity index (χ0n) is 12.0. The summed E-state index contributed by atoms with van der Waals surface area (Å²) in [5.41, 5.74) is 0.490. The highest BCUT2D eigenvalue weighted by Crippen LogP contribution is 2.24. The number of amides is 1. The van der Waals surface area contributed by atoms with Crippen LogP contribution >= 0.6 is 0 Å². The van der Waals surface area contributed by atoms with Gasteiger partial charge in [0.25, 0.3) is 5.91 Å². The van der Waals surface area contributed by atoms with Crippen LogP contribution in [0.5, 0.6) is 0 Å². The van der Waals surface area contributed by atoms with Crippen LogP contribution in [0.1, 0.15) is 29.0 Å². The van der Waals surface area contributed by atoms with Gasteiger partial charge in [0.15, 0.2) is 6.39 Å². The first-order valence-corrected chi connectivity index (χ1v) is 7.27. The fourth-order valence-electron chi connectivity index (χ4n) is 2.89. The Kier molecular flexibility index (Phi) is 4.20. The van der Waals surface area contributed by atoms with Crippen molar-refractivity contribution in [3.63, 3.8) is 0 Å². The highest BCUT2D eigenvalue weighted by molar-refractivity contribution is 5.91. The lowest BCUT2D eigenvalue weighted by Gasteiger charge is -2.38. The van der Waals surface area contributed by atoms with Crippen LogP contribution < -0.4 is 0 Å². The minimum atomic E-state index is -0.680. The molecule has 1 saturated heterocycles. The van der Waals surface area contributed by atoms with Crippen molar-refractivity contribution in [2.45, 2.75) is 31.4 Å². The lowest BCUT2D eigenvalue weighted by atomic mass is 9.92. The van der Waals surface area contributed by atoms with E-state index in [9.17, 15) is 14.3 Å². The largest absolute Gasteiger partial charge is 0.438 e. The van der Waals surface area contributed by atoms with Crippen molar-refractivity contribution in [1.82, 2.24) is 9.88 Å². The molecular weight excluding hydrogens is 287 g/mol. The number of aliphatic hydroxyl groups excluding tert-OH is 1. The molecule has 6 heteroatoms. The summed E-state index contributed by atoms with van der Waals surface area (Å²) in [7, 11) is 0. The van der Waals surface area contributed by atoms with E-state index in [1.165, 1.54) is 18.7 Å². The molecular formula is C16H17FN2O3. The molecule has 22 heavy (non-hydrogen) atoms. The molecule has 1 aliphatic heterocycles. The molecule has 2 heterocycles. The van der Waals surface area contributed by atoms with Gasteiger partial charge in [-0.25, -0.2) is 9.37 Å². The van der Waals surface area contributed by atoms with Crippen molar-refractivity contribution < 1.29 is 18.7 Å². The van der Waals surface area contributed by atoms with Gasteiger partial charge in [0.05, 0.1) is 18.3 Å². The topological polar surface area (TPSA) is 66.6 Å². The van der Waals surface area contributed by atoms with E-state index in [1.807, 2.05) is 0 Å². The Balaban J connectivity index is 1.84. The van der Waals surface area contributed by atoms with Crippen LogP contribution in [0.3, 0.4) is 0 Å². The van der Waals surface area contributed by atoms with Gasteiger partial charge in [0.1, 0.15) is 5.82 Å². The molecule has 1 aromatic carbocycles. The van der Waals surface area contributed by atoms with Crippen molar-refractivity contribution >= 4 is 5.91 Å². The van der Waals surface area contributed by atoms with Crippen molar-refractivity contribution in [3.05, 3.63) is 54.0 Å². The minimum absolute atomic E-state index is 0.132. The molecule has 1 fully saturated rings. The Morgan fingerprint density at radius 1 is 1.45 bits per heavy atom. The average Bonchev–Trinajstić information content (AvgIpc) is 3.05. The van der Waals surface area contributed by atoms with E-state index in [0.29, 0.717) is 24.9 Å². The quantitative estimate of drug-likeness (QED) is 0.942. The number of carbonyl (C=O) groups excluding carboxylic acids is 1. The second-order valence-corrected chi connectivity index (χ2v) is 5.44. The van der Waals surface area contributed by atoms with Crippen LogP contribution in [-0.2, 0) is 6.42 Å². The number of carbonyl (C=O) groups is 1. The molecule has 0 unspecified atom stereocenters. The minimum Gasteiger partial charge on any atom is -0.438 e. The molecule has 3 rings (SSSR count). The fourth-order valence-corrected chi connectivity index (χ4v) is 2.89. The summed E-state index contributed by atoms with van der Waals surface area (Å²) in [4.78, 5) is 17.8. The lowest BCUT2D eigenvalue weighted by molar-refractivity contribution is 0.00977. The molecule has 2 atom stereocenters. The number of nitrogens with zero attached hydrogens (tertiary/aromatic N) is 2. The van der Waals surface area contributed by atoms with E-state index >= 15 is 0 Å². The molecule has 0 spiro atoms. The van der Waals surface area contributed by atoms with E-state index < -0.39 is 12.1 Å². The van der Waals surface area contributed by atoms with Crippen LogP contribution in [0.2, 0.25) is 0 Å². The van der Waals surface area contributed by atoms with Gasteiger partial charge in [-0.2, -0.15) is 0 Å². The number of hydrogen-bond donors (Lipinski definition) is 1.